The Kier molecular flexibility index (Phi) is 4.75. The Morgan fingerprint density at radius 3 is 2.86 bits per heavy atom. The third-order valence-corrected chi connectivity index (χ3v) is 4.21. The molecule has 14 heavy (non-hydrogen) atoms. The quantitative estimate of drug-likeness (QED) is 0.768. The van der Waals surface area contributed by atoms with Crippen LogP contribution in [0.2, 0.25) is 0 Å². The van der Waals surface area contributed by atoms with Gasteiger partial charge in [0, 0.05) is 11.9 Å². The molecule has 1 heterocycles. The highest BCUT2D eigenvalue weighted by Crippen LogP contribution is 2.31. The average molecular weight is 218 g/mol. The minimum Gasteiger partial charge on any atom is -0.480 e. The van der Waals surface area contributed by atoms with Crippen LogP contribution in [0.1, 0.15) is 33.1 Å². The highest BCUT2D eigenvalue weighted by Gasteiger charge is 2.30. The first-order valence-corrected chi connectivity index (χ1v) is 6.09. The largest absolute Gasteiger partial charge is 0.480 e. The molecule has 1 saturated heterocycles. The third kappa shape index (κ3) is 3.17. The molecule has 0 bridgehead atoms. The molecule has 0 spiro atoms. The van der Waals surface area contributed by atoms with E-state index in [2.05, 4.69) is 0 Å². The minimum atomic E-state index is -0.684. The van der Waals surface area contributed by atoms with Gasteiger partial charge in [0.1, 0.15) is 5.25 Å². The van der Waals surface area contributed by atoms with Crippen LogP contribution in [0.5, 0.6) is 0 Å². The van der Waals surface area contributed by atoms with E-state index in [0.717, 1.165) is 25.9 Å². The van der Waals surface area contributed by atoms with E-state index < -0.39 is 5.97 Å². The van der Waals surface area contributed by atoms with Gasteiger partial charge in [-0.25, -0.2) is 0 Å². The van der Waals surface area contributed by atoms with Crippen molar-refractivity contribution < 1.29 is 14.6 Å². The molecule has 3 atom stereocenters. The van der Waals surface area contributed by atoms with Crippen LogP contribution in [-0.2, 0) is 9.53 Å². The molecule has 1 fully saturated rings. The highest BCUT2D eigenvalue weighted by atomic mass is 32.2. The summed E-state index contributed by atoms with van der Waals surface area (Å²) in [5.41, 5.74) is 0. The van der Waals surface area contributed by atoms with Crippen LogP contribution in [0, 0.1) is 0 Å². The standard InChI is InChI=1S/C10H18O3S/c1-3-4-9(10(11)12)14-8-5-6-13-7(8)2/h7-9H,3-6H2,1-2H3,(H,11,12). The lowest BCUT2D eigenvalue weighted by Gasteiger charge is -2.18. The molecular weight excluding hydrogens is 200 g/mol. The summed E-state index contributed by atoms with van der Waals surface area (Å²) >= 11 is 1.57. The fraction of sp³-hybridized carbons (Fsp3) is 0.900. The molecule has 0 aliphatic carbocycles. The van der Waals surface area contributed by atoms with Crippen molar-refractivity contribution in [2.24, 2.45) is 0 Å². The Hall–Kier alpha value is -0.220. The van der Waals surface area contributed by atoms with Crippen molar-refractivity contribution in [1.29, 1.82) is 0 Å². The zero-order chi connectivity index (χ0) is 10.6. The van der Waals surface area contributed by atoms with Crippen molar-refractivity contribution in [3.63, 3.8) is 0 Å². The number of thioether (sulfide) groups is 1. The molecule has 0 aromatic rings. The normalized spacial score (nSPS) is 29.0. The van der Waals surface area contributed by atoms with E-state index in [0.29, 0.717) is 5.25 Å². The van der Waals surface area contributed by atoms with Crippen LogP contribution in [-0.4, -0.2) is 34.3 Å². The van der Waals surface area contributed by atoms with E-state index in [4.69, 9.17) is 9.84 Å². The van der Waals surface area contributed by atoms with E-state index in [1.807, 2.05) is 13.8 Å². The molecule has 3 nitrogen and oxygen atoms in total. The van der Waals surface area contributed by atoms with E-state index in [9.17, 15) is 4.79 Å². The van der Waals surface area contributed by atoms with Crippen LogP contribution in [0.3, 0.4) is 0 Å². The van der Waals surface area contributed by atoms with Crippen molar-refractivity contribution >= 4 is 17.7 Å². The average Bonchev–Trinajstić information content (AvgIpc) is 2.51. The van der Waals surface area contributed by atoms with Gasteiger partial charge in [0.15, 0.2) is 0 Å². The Labute approximate surface area is 89.2 Å². The van der Waals surface area contributed by atoms with Gasteiger partial charge in [-0.15, -0.1) is 11.8 Å². The molecule has 0 aromatic heterocycles. The van der Waals surface area contributed by atoms with Gasteiger partial charge < -0.3 is 9.84 Å². The van der Waals surface area contributed by atoms with Crippen LogP contribution < -0.4 is 0 Å². The number of hydrogen-bond acceptors (Lipinski definition) is 3. The minimum absolute atomic E-state index is 0.207. The SMILES string of the molecule is CCCC(SC1CCOC1C)C(=O)O. The number of carbonyl (C=O) groups is 1. The monoisotopic (exact) mass is 218 g/mol. The van der Waals surface area contributed by atoms with Gasteiger partial charge in [0.2, 0.25) is 0 Å². The fourth-order valence-corrected chi connectivity index (χ4v) is 3.06. The number of ether oxygens (including phenoxy) is 1. The maximum atomic E-state index is 10.9. The van der Waals surface area contributed by atoms with Crippen LogP contribution in [0.25, 0.3) is 0 Å². The molecule has 0 saturated carbocycles. The molecule has 4 heteroatoms. The van der Waals surface area contributed by atoms with Gasteiger partial charge in [-0.05, 0) is 19.8 Å². The predicted octanol–water partition coefficient (Wildman–Crippen LogP) is 2.15. The van der Waals surface area contributed by atoms with Crippen LogP contribution in [0.4, 0.5) is 0 Å². The van der Waals surface area contributed by atoms with Crippen molar-refractivity contribution in [3.8, 4) is 0 Å². The molecular formula is C10H18O3S. The number of rotatable bonds is 5. The predicted molar refractivity (Wildman–Crippen MR) is 57.7 cm³/mol. The maximum Gasteiger partial charge on any atom is 0.316 e. The Bertz CT molecular complexity index is 196. The third-order valence-electron chi connectivity index (χ3n) is 2.47. The lowest BCUT2D eigenvalue weighted by atomic mass is 10.2. The second kappa shape index (κ2) is 5.61. The number of hydrogen-bond donors (Lipinski definition) is 1. The number of aliphatic carboxylic acids is 1. The summed E-state index contributed by atoms with van der Waals surface area (Å²) in [5, 5.41) is 9.10. The molecule has 82 valence electrons. The molecule has 0 radical (unpaired) electrons. The number of carboxylic acid groups (broad SMARTS) is 1. The molecule has 1 N–H and O–H groups in total. The van der Waals surface area contributed by atoms with Crippen molar-refractivity contribution in [2.75, 3.05) is 6.61 Å². The zero-order valence-electron chi connectivity index (χ0n) is 8.73. The first kappa shape index (κ1) is 11.9. The van der Waals surface area contributed by atoms with E-state index in [-0.39, 0.29) is 11.4 Å². The Morgan fingerprint density at radius 2 is 2.43 bits per heavy atom. The lowest BCUT2D eigenvalue weighted by Crippen LogP contribution is -2.23. The van der Waals surface area contributed by atoms with Crippen molar-refractivity contribution in [1.82, 2.24) is 0 Å². The Balaban J connectivity index is 2.41. The molecule has 1 rings (SSSR count). The van der Waals surface area contributed by atoms with E-state index in [1.165, 1.54) is 0 Å². The topological polar surface area (TPSA) is 46.5 Å². The van der Waals surface area contributed by atoms with Gasteiger partial charge in [0.05, 0.1) is 6.10 Å². The van der Waals surface area contributed by atoms with Gasteiger partial charge >= 0.3 is 5.97 Å². The second-order valence-corrected chi connectivity index (χ2v) is 5.10. The van der Waals surface area contributed by atoms with Crippen molar-refractivity contribution in [2.45, 2.75) is 49.7 Å². The first-order chi connectivity index (χ1) is 6.65. The molecule has 1 aliphatic heterocycles. The van der Waals surface area contributed by atoms with Crippen LogP contribution in [0.15, 0.2) is 0 Å². The maximum absolute atomic E-state index is 10.9. The smallest absolute Gasteiger partial charge is 0.316 e. The Morgan fingerprint density at radius 1 is 1.71 bits per heavy atom. The molecule has 3 unspecified atom stereocenters. The van der Waals surface area contributed by atoms with E-state index >= 15 is 0 Å². The summed E-state index contributed by atoms with van der Waals surface area (Å²) in [5.74, 6) is -0.684. The summed E-state index contributed by atoms with van der Waals surface area (Å²) < 4.78 is 5.41. The van der Waals surface area contributed by atoms with E-state index in [1.54, 1.807) is 11.8 Å². The van der Waals surface area contributed by atoms with Gasteiger partial charge in [0.25, 0.3) is 0 Å². The van der Waals surface area contributed by atoms with Gasteiger partial charge in [-0.3, -0.25) is 4.79 Å². The van der Waals surface area contributed by atoms with Crippen molar-refractivity contribution in [3.05, 3.63) is 0 Å². The molecule has 1 aliphatic rings. The van der Waals surface area contributed by atoms with Gasteiger partial charge in [-0.1, -0.05) is 13.3 Å². The first-order valence-electron chi connectivity index (χ1n) is 5.15. The summed E-state index contributed by atoms with van der Waals surface area (Å²) in [4.78, 5) is 10.9. The van der Waals surface area contributed by atoms with Gasteiger partial charge in [-0.2, -0.15) is 0 Å². The summed E-state index contributed by atoms with van der Waals surface area (Å²) in [6.45, 7) is 4.82. The molecule has 0 amide bonds. The van der Waals surface area contributed by atoms with Crippen LogP contribution >= 0.6 is 11.8 Å². The number of carboxylic acids is 1. The molecule has 0 aromatic carbocycles. The second-order valence-electron chi connectivity index (χ2n) is 3.65. The fourth-order valence-electron chi connectivity index (χ4n) is 1.61. The summed E-state index contributed by atoms with van der Waals surface area (Å²) in [7, 11) is 0. The summed E-state index contributed by atoms with van der Waals surface area (Å²) in [6.07, 6.45) is 2.87. The lowest BCUT2D eigenvalue weighted by molar-refractivity contribution is -0.136. The summed E-state index contributed by atoms with van der Waals surface area (Å²) in [6, 6.07) is 0. The zero-order valence-corrected chi connectivity index (χ0v) is 9.55. The highest BCUT2D eigenvalue weighted by molar-refractivity contribution is 8.01.